The standard InChI is InChI=1S/C10H21NO2/c1-9(13)10(5-4-8-12)11-6-2-3-7-11/h9-10,12-13H,2-8H2,1H3. The summed E-state index contributed by atoms with van der Waals surface area (Å²) in [5, 5.41) is 18.3. The summed E-state index contributed by atoms with van der Waals surface area (Å²) in [6.07, 6.45) is 3.94. The highest BCUT2D eigenvalue weighted by atomic mass is 16.3. The number of hydrogen-bond donors (Lipinski definition) is 2. The van der Waals surface area contributed by atoms with Gasteiger partial charge >= 0.3 is 0 Å². The van der Waals surface area contributed by atoms with Gasteiger partial charge in [0.2, 0.25) is 0 Å². The molecular formula is C10H21NO2. The average molecular weight is 187 g/mol. The maximum atomic E-state index is 9.58. The Morgan fingerprint density at radius 1 is 1.31 bits per heavy atom. The summed E-state index contributed by atoms with van der Waals surface area (Å²) in [4.78, 5) is 2.35. The summed E-state index contributed by atoms with van der Waals surface area (Å²) < 4.78 is 0. The van der Waals surface area contributed by atoms with E-state index in [2.05, 4.69) is 4.90 Å². The fourth-order valence-electron chi connectivity index (χ4n) is 2.10. The Morgan fingerprint density at radius 3 is 2.38 bits per heavy atom. The van der Waals surface area contributed by atoms with Crippen LogP contribution in [-0.2, 0) is 0 Å². The van der Waals surface area contributed by atoms with E-state index in [9.17, 15) is 5.11 Å². The van der Waals surface area contributed by atoms with Crippen LogP contribution in [0.25, 0.3) is 0 Å². The number of rotatable bonds is 5. The van der Waals surface area contributed by atoms with Crippen LogP contribution in [-0.4, -0.2) is 47.0 Å². The second-order valence-electron chi connectivity index (χ2n) is 3.92. The first-order valence-corrected chi connectivity index (χ1v) is 5.28. The molecule has 0 aromatic rings. The molecule has 1 saturated heterocycles. The molecular weight excluding hydrogens is 166 g/mol. The van der Waals surface area contributed by atoms with Gasteiger partial charge in [-0.1, -0.05) is 0 Å². The van der Waals surface area contributed by atoms with Gasteiger partial charge in [-0.2, -0.15) is 0 Å². The van der Waals surface area contributed by atoms with E-state index in [1.807, 2.05) is 6.92 Å². The van der Waals surface area contributed by atoms with Crippen LogP contribution in [0, 0.1) is 0 Å². The van der Waals surface area contributed by atoms with Gasteiger partial charge < -0.3 is 10.2 Å². The van der Waals surface area contributed by atoms with Crippen molar-refractivity contribution >= 4 is 0 Å². The molecule has 3 nitrogen and oxygen atoms in total. The minimum atomic E-state index is -0.273. The van der Waals surface area contributed by atoms with Crippen molar-refractivity contribution in [2.45, 2.75) is 44.8 Å². The van der Waals surface area contributed by atoms with Gasteiger partial charge in [0, 0.05) is 12.6 Å². The Morgan fingerprint density at radius 2 is 1.92 bits per heavy atom. The van der Waals surface area contributed by atoms with E-state index in [1.165, 1.54) is 12.8 Å². The van der Waals surface area contributed by atoms with Gasteiger partial charge in [0.05, 0.1) is 6.10 Å². The monoisotopic (exact) mass is 187 g/mol. The van der Waals surface area contributed by atoms with E-state index in [0.717, 1.165) is 25.9 Å². The molecule has 1 aliphatic heterocycles. The van der Waals surface area contributed by atoms with E-state index >= 15 is 0 Å². The molecule has 0 aromatic heterocycles. The number of hydrogen-bond acceptors (Lipinski definition) is 3. The third kappa shape index (κ3) is 3.25. The third-order valence-electron chi connectivity index (χ3n) is 2.82. The van der Waals surface area contributed by atoms with Gasteiger partial charge in [0.1, 0.15) is 0 Å². The van der Waals surface area contributed by atoms with Crippen LogP contribution in [0.15, 0.2) is 0 Å². The van der Waals surface area contributed by atoms with E-state index in [4.69, 9.17) is 5.11 Å². The fourth-order valence-corrected chi connectivity index (χ4v) is 2.10. The maximum Gasteiger partial charge on any atom is 0.0667 e. The molecule has 2 atom stereocenters. The molecule has 0 aromatic carbocycles. The van der Waals surface area contributed by atoms with Crippen molar-refractivity contribution < 1.29 is 10.2 Å². The van der Waals surface area contributed by atoms with Crippen LogP contribution in [0.2, 0.25) is 0 Å². The second kappa shape index (κ2) is 5.58. The molecule has 0 radical (unpaired) electrons. The van der Waals surface area contributed by atoms with Crippen molar-refractivity contribution in [3.05, 3.63) is 0 Å². The zero-order chi connectivity index (χ0) is 9.68. The molecule has 0 aliphatic carbocycles. The lowest BCUT2D eigenvalue weighted by Crippen LogP contribution is -2.40. The van der Waals surface area contributed by atoms with Crippen LogP contribution < -0.4 is 0 Å². The summed E-state index contributed by atoms with van der Waals surface area (Å²) in [5.74, 6) is 0. The molecule has 1 fully saturated rings. The Labute approximate surface area is 80.4 Å². The Bertz CT molecular complexity index is 133. The molecule has 1 rings (SSSR count). The number of nitrogens with zero attached hydrogens (tertiary/aromatic N) is 1. The zero-order valence-corrected chi connectivity index (χ0v) is 8.45. The highest BCUT2D eigenvalue weighted by molar-refractivity contribution is 4.79. The van der Waals surface area contributed by atoms with E-state index < -0.39 is 0 Å². The first-order chi connectivity index (χ1) is 6.25. The summed E-state index contributed by atoms with van der Waals surface area (Å²) in [6.45, 7) is 4.30. The SMILES string of the molecule is CC(O)C(CCCO)N1CCCC1. The first kappa shape index (κ1) is 11.0. The van der Waals surface area contributed by atoms with Gasteiger partial charge in [-0.3, -0.25) is 4.90 Å². The van der Waals surface area contributed by atoms with Crippen LogP contribution in [0.3, 0.4) is 0 Å². The highest BCUT2D eigenvalue weighted by Crippen LogP contribution is 2.17. The normalized spacial score (nSPS) is 23.3. The summed E-state index contributed by atoms with van der Waals surface area (Å²) in [7, 11) is 0. The van der Waals surface area contributed by atoms with E-state index in [0.29, 0.717) is 0 Å². The summed E-state index contributed by atoms with van der Waals surface area (Å²) in [5.41, 5.74) is 0. The van der Waals surface area contributed by atoms with Crippen molar-refractivity contribution in [1.29, 1.82) is 0 Å². The van der Waals surface area contributed by atoms with Crippen molar-refractivity contribution in [3.63, 3.8) is 0 Å². The lowest BCUT2D eigenvalue weighted by Gasteiger charge is -2.29. The molecule has 0 amide bonds. The van der Waals surface area contributed by atoms with Crippen LogP contribution in [0.1, 0.15) is 32.6 Å². The molecule has 0 spiro atoms. The summed E-state index contributed by atoms with van der Waals surface area (Å²) >= 11 is 0. The zero-order valence-electron chi connectivity index (χ0n) is 8.45. The van der Waals surface area contributed by atoms with Crippen molar-refractivity contribution in [1.82, 2.24) is 4.90 Å². The van der Waals surface area contributed by atoms with Gasteiger partial charge in [0.25, 0.3) is 0 Å². The van der Waals surface area contributed by atoms with Crippen molar-refractivity contribution in [2.24, 2.45) is 0 Å². The van der Waals surface area contributed by atoms with Crippen LogP contribution in [0.4, 0.5) is 0 Å². The minimum Gasteiger partial charge on any atom is -0.396 e. The molecule has 3 heteroatoms. The molecule has 1 aliphatic rings. The van der Waals surface area contributed by atoms with Gasteiger partial charge in [-0.05, 0) is 45.7 Å². The number of aliphatic hydroxyl groups is 2. The molecule has 2 N–H and O–H groups in total. The molecule has 1 heterocycles. The largest absolute Gasteiger partial charge is 0.396 e. The fraction of sp³-hybridized carbons (Fsp3) is 1.00. The molecule has 2 unspecified atom stereocenters. The first-order valence-electron chi connectivity index (χ1n) is 5.28. The van der Waals surface area contributed by atoms with Gasteiger partial charge in [-0.15, -0.1) is 0 Å². The van der Waals surface area contributed by atoms with Gasteiger partial charge in [0.15, 0.2) is 0 Å². The Hall–Kier alpha value is -0.120. The smallest absolute Gasteiger partial charge is 0.0667 e. The van der Waals surface area contributed by atoms with Gasteiger partial charge in [-0.25, -0.2) is 0 Å². The average Bonchev–Trinajstić information content (AvgIpc) is 2.57. The van der Waals surface area contributed by atoms with E-state index in [1.54, 1.807) is 0 Å². The Kier molecular flexibility index (Phi) is 4.70. The predicted octanol–water partition coefficient (Wildman–Crippen LogP) is 0.604. The predicted molar refractivity (Wildman–Crippen MR) is 52.6 cm³/mol. The maximum absolute atomic E-state index is 9.58. The summed E-state index contributed by atoms with van der Waals surface area (Å²) in [6, 6.07) is 0.259. The van der Waals surface area contributed by atoms with Crippen LogP contribution in [0.5, 0.6) is 0 Å². The van der Waals surface area contributed by atoms with Crippen molar-refractivity contribution in [2.75, 3.05) is 19.7 Å². The molecule has 0 bridgehead atoms. The topological polar surface area (TPSA) is 43.7 Å². The lowest BCUT2D eigenvalue weighted by atomic mass is 10.1. The third-order valence-corrected chi connectivity index (χ3v) is 2.82. The quantitative estimate of drug-likeness (QED) is 0.662. The number of likely N-dealkylation sites (tertiary alicyclic amines) is 1. The molecule has 0 saturated carbocycles. The lowest BCUT2D eigenvalue weighted by molar-refractivity contribution is 0.0654. The molecule has 78 valence electrons. The highest BCUT2D eigenvalue weighted by Gasteiger charge is 2.24. The van der Waals surface area contributed by atoms with Crippen LogP contribution >= 0.6 is 0 Å². The second-order valence-corrected chi connectivity index (χ2v) is 3.92. The number of aliphatic hydroxyl groups excluding tert-OH is 2. The minimum absolute atomic E-state index is 0.233. The van der Waals surface area contributed by atoms with Crippen molar-refractivity contribution in [3.8, 4) is 0 Å². The molecule has 13 heavy (non-hydrogen) atoms. The van der Waals surface area contributed by atoms with E-state index in [-0.39, 0.29) is 18.8 Å². The Balaban J connectivity index is 2.36.